The molecule has 1 aromatic heterocycles. The van der Waals surface area contributed by atoms with Crippen LogP contribution in [0.2, 0.25) is 0 Å². The van der Waals surface area contributed by atoms with Gasteiger partial charge < -0.3 is 9.72 Å². The van der Waals surface area contributed by atoms with Gasteiger partial charge in [0.05, 0.1) is 10.5 Å². The van der Waals surface area contributed by atoms with Gasteiger partial charge in [-0.2, -0.15) is 0 Å². The van der Waals surface area contributed by atoms with Gasteiger partial charge in [-0.05, 0) is 32.1 Å². The van der Waals surface area contributed by atoms with Gasteiger partial charge in [-0.1, -0.05) is 30.3 Å². The number of hydrogen-bond acceptors (Lipinski definition) is 5. The maximum atomic E-state index is 12.8. The third-order valence-electron chi connectivity index (χ3n) is 4.33. The zero-order valence-corrected chi connectivity index (χ0v) is 15.3. The molecular formula is C21H18N2O5. The predicted molar refractivity (Wildman–Crippen MR) is 105 cm³/mol. The van der Waals surface area contributed by atoms with Crippen molar-refractivity contribution in [2.24, 2.45) is 0 Å². The van der Waals surface area contributed by atoms with E-state index in [0.717, 1.165) is 17.0 Å². The van der Waals surface area contributed by atoms with Gasteiger partial charge in [-0.15, -0.1) is 0 Å². The smallest absolute Gasteiger partial charge is 0.331 e. The van der Waals surface area contributed by atoms with Gasteiger partial charge >= 0.3 is 5.97 Å². The number of ketones is 1. The van der Waals surface area contributed by atoms with Crippen LogP contribution in [0.5, 0.6) is 0 Å². The van der Waals surface area contributed by atoms with Gasteiger partial charge in [0.15, 0.2) is 6.10 Å². The SMILES string of the molecule is Cc1[nH]c2ccccc2c1C(=O)[C@H](C)OC(=O)/C=C/c1ccccc1[N+](=O)[O-]. The number of carbonyl (C=O) groups excluding carboxylic acids is 2. The summed E-state index contributed by atoms with van der Waals surface area (Å²) < 4.78 is 5.20. The lowest BCUT2D eigenvalue weighted by molar-refractivity contribution is -0.385. The molecule has 1 atom stereocenters. The first-order valence-corrected chi connectivity index (χ1v) is 8.62. The number of carbonyl (C=O) groups is 2. The first kappa shape index (κ1) is 19.0. The fraction of sp³-hybridized carbons (Fsp3) is 0.143. The van der Waals surface area contributed by atoms with Crippen molar-refractivity contribution in [2.75, 3.05) is 0 Å². The number of nitrogens with one attached hydrogen (secondary N) is 1. The number of nitrogens with zero attached hydrogens (tertiary/aromatic N) is 1. The van der Waals surface area contributed by atoms with Crippen LogP contribution in [0, 0.1) is 17.0 Å². The number of para-hydroxylation sites is 2. The fourth-order valence-corrected chi connectivity index (χ4v) is 3.02. The van der Waals surface area contributed by atoms with E-state index in [2.05, 4.69) is 4.98 Å². The molecule has 28 heavy (non-hydrogen) atoms. The average Bonchev–Trinajstić information content (AvgIpc) is 3.01. The van der Waals surface area contributed by atoms with Gasteiger partial charge in [-0.25, -0.2) is 4.79 Å². The standard InChI is InChI=1S/C21H18N2O5/c1-13-20(16-8-4-5-9-17(16)22-13)21(25)14(2)28-19(24)12-11-15-7-3-6-10-18(15)23(26)27/h3-12,14,22H,1-2H3/b12-11+/t14-/m0/s1. The Hall–Kier alpha value is -3.74. The van der Waals surface area contributed by atoms with Crippen LogP contribution in [0.4, 0.5) is 5.69 Å². The zero-order chi connectivity index (χ0) is 20.3. The summed E-state index contributed by atoms with van der Waals surface area (Å²) in [5.74, 6) is -1.07. The lowest BCUT2D eigenvalue weighted by Gasteiger charge is -2.11. The number of fused-ring (bicyclic) bond motifs is 1. The monoisotopic (exact) mass is 378 g/mol. The average molecular weight is 378 g/mol. The summed E-state index contributed by atoms with van der Waals surface area (Å²) in [5, 5.41) is 11.8. The molecule has 2 aromatic carbocycles. The van der Waals surface area contributed by atoms with E-state index in [1.54, 1.807) is 13.0 Å². The highest BCUT2D eigenvalue weighted by Gasteiger charge is 2.23. The molecule has 0 amide bonds. The molecule has 1 N–H and O–H groups in total. The second-order valence-corrected chi connectivity index (χ2v) is 6.26. The molecule has 0 saturated carbocycles. The van der Waals surface area contributed by atoms with Crippen molar-refractivity contribution in [2.45, 2.75) is 20.0 Å². The number of ether oxygens (including phenoxy) is 1. The second kappa shape index (κ2) is 7.87. The third-order valence-corrected chi connectivity index (χ3v) is 4.33. The molecule has 0 fully saturated rings. The lowest BCUT2D eigenvalue weighted by Crippen LogP contribution is -2.24. The van der Waals surface area contributed by atoms with Crippen molar-refractivity contribution in [3.63, 3.8) is 0 Å². The molecular weight excluding hydrogens is 360 g/mol. The van der Waals surface area contributed by atoms with Gasteiger partial charge in [0.1, 0.15) is 0 Å². The van der Waals surface area contributed by atoms with E-state index in [4.69, 9.17) is 4.74 Å². The Kier molecular flexibility index (Phi) is 5.35. The maximum absolute atomic E-state index is 12.8. The normalized spacial score (nSPS) is 12.2. The minimum Gasteiger partial charge on any atom is -0.451 e. The van der Waals surface area contributed by atoms with E-state index in [-0.39, 0.29) is 17.0 Å². The fourth-order valence-electron chi connectivity index (χ4n) is 3.02. The van der Waals surface area contributed by atoms with Crippen LogP contribution < -0.4 is 0 Å². The molecule has 0 aliphatic heterocycles. The number of esters is 1. The van der Waals surface area contributed by atoms with Crippen LogP contribution in [0.25, 0.3) is 17.0 Å². The number of aryl methyl sites for hydroxylation is 1. The molecule has 0 spiro atoms. The minimum absolute atomic E-state index is 0.120. The maximum Gasteiger partial charge on any atom is 0.331 e. The number of Topliss-reactive ketones (excluding diaryl/α,β-unsaturated/α-hetero) is 1. The highest BCUT2D eigenvalue weighted by atomic mass is 16.6. The predicted octanol–water partition coefficient (Wildman–Crippen LogP) is 4.21. The van der Waals surface area contributed by atoms with Crippen LogP contribution in [0.3, 0.4) is 0 Å². The molecule has 1 heterocycles. The number of aromatic amines is 1. The Labute approximate surface area is 160 Å². The van der Waals surface area contributed by atoms with E-state index in [9.17, 15) is 19.7 Å². The van der Waals surface area contributed by atoms with Crippen molar-refractivity contribution in [1.82, 2.24) is 4.98 Å². The van der Waals surface area contributed by atoms with Crippen LogP contribution in [0.15, 0.2) is 54.6 Å². The molecule has 0 saturated heterocycles. The van der Waals surface area contributed by atoms with Crippen LogP contribution in [-0.2, 0) is 9.53 Å². The van der Waals surface area contributed by atoms with Crippen LogP contribution in [-0.4, -0.2) is 27.8 Å². The van der Waals surface area contributed by atoms with Gasteiger partial charge in [0.2, 0.25) is 5.78 Å². The molecule has 0 unspecified atom stereocenters. The molecule has 142 valence electrons. The van der Waals surface area contributed by atoms with Gasteiger partial charge in [-0.3, -0.25) is 14.9 Å². The summed E-state index contributed by atoms with van der Waals surface area (Å²) >= 11 is 0. The molecule has 0 aliphatic carbocycles. The molecule has 3 aromatic rings. The Morgan fingerprint density at radius 2 is 1.82 bits per heavy atom. The van der Waals surface area contributed by atoms with Gasteiger partial charge in [0.25, 0.3) is 5.69 Å². The van der Waals surface area contributed by atoms with Crippen molar-refractivity contribution >= 4 is 34.4 Å². The van der Waals surface area contributed by atoms with E-state index in [0.29, 0.717) is 11.3 Å². The van der Waals surface area contributed by atoms with E-state index >= 15 is 0 Å². The summed E-state index contributed by atoms with van der Waals surface area (Å²) in [6, 6.07) is 13.4. The molecule has 0 aliphatic rings. The Morgan fingerprint density at radius 3 is 2.57 bits per heavy atom. The molecule has 7 heteroatoms. The Morgan fingerprint density at radius 1 is 1.14 bits per heavy atom. The highest BCUT2D eigenvalue weighted by Crippen LogP contribution is 2.24. The third kappa shape index (κ3) is 3.83. The molecule has 0 bridgehead atoms. The second-order valence-electron chi connectivity index (χ2n) is 6.26. The largest absolute Gasteiger partial charge is 0.451 e. The highest BCUT2D eigenvalue weighted by molar-refractivity contribution is 6.11. The number of rotatable bonds is 6. The molecule has 7 nitrogen and oxygen atoms in total. The topological polar surface area (TPSA) is 102 Å². The van der Waals surface area contributed by atoms with Crippen LogP contribution >= 0.6 is 0 Å². The van der Waals surface area contributed by atoms with Crippen molar-refractivity contribution < 1.29 is 19.2 Å². The summed E-state index contributed by atoms with van der Waals surface area (Å²) in [7, 11) is 0. The molecule has 0 radical (unpaired) electrons. The number of hydrogen-bond donors (Lipinski definition) is 1. The summed E-state index contributed by atoms with van der Waals surface area (Å²) in [6.45, 7) is 3.29. The van der Waals surface area contributed by atoms with Crippen molar-refractivity contribution in [3.8, 4) is 0 Å². The first-order chi connectivity index (χ1) is 13.4. The summed E-state index contributed by atoms with van der Waals surface area (Å²) in [4.78, 5) is 38.5. The van der Waals surface area contributed by atoms with Gasteiger partial charge in [0, 0.05) is 34.3 Å². The lowest BCUT2D eigenvalue weighted by atomic mass is 10.0. The van der Waals surface area contributed by atoms with E-state index < -0.39 is 17.0 Å². The summed E-state index contributed by atoms with van der Waals surface area (Å²) in [5.41, 5.74) is 2.17. The minimum atomic E-state index is -0.999. The van der Waals surface area contributed by atoms with E-state index in [1.165, 1.54) is 31.2 Å². The quantitative estimate of drug-likeness (QED) is 0.228. The zero-order valence-electron chi connectivity index (χ0n) is 15.3. The Balaban J connectivity index is 1.75. The number of nitro groups is 1. The number of aromatic nitrogens is 1. The first-order valence-electron chi connectivity index (χ1n) is 8.62. The number of H-pyrrole nitrogens is 1. The molecule has 3 rings (SSSR count). The van der Waals surface area contributed by atoms with Crippen molar-refractivity contribution in [1.29, 1.82) is 0 Å². The van der Waals surface area contributed by atoms with E-state index in [1.807, 2.05) is 24.3 Å². The van der Waals surface area contributed by atoms with Crippen LogP contribution in [0.1, 0.15) is 28.5 Å². The van der Waals surface area contributed by atoms with Crippen molar-refractivity contribution in [3.05, 3.63) is 81.5 Å². The summed E-state index contributed by atoms with van der Waals surface area (Å²) in [6.07, 6.45) is 1.38. The number of nitro benzene ring substituents is 1. The number of benzene rings is 2. The Bertz CT molecular complexity index is 1100.